The van der Waals surface area contributed by atoms with E-state index in [1.807, 2.05) is 12.1 Å². The van der Waals surface area contributed by atoms with E-state index < -0.39 is 11.8 Å². The highest BCUT2D eigenvalue weighted by Gasteiger charge is 2.54. The number of halogens is 1. The zero-order valence-corrected chi connectivity index (χ0v) is 20.9. The Morgan fingerprint density at radius 3 is 2.43 bits per heavy atom. The Morgan fingerprint density at radius 1 is 0.973 bits per heavy atom. The van der Waals surface area contributed by atoms with E-state index >= 15 is 0 Å². The van der Waals surface area contributed by atoms with Gasteiger partial charge in [0.25, 0.3) is 11.8 Å². The van der Waals surface area contributed by atoms with Gasteiger partial charge in [-0.25, -0.2) is 0 Å². The number of hydrogen-bond donors (Lipinski definition) is 1. The molecule has 1 atom stereocenters. The molecular weight excluding hydrogens is 492 g/mol. The molecule has 3 heterocycles. The summed E-state index contributed by atoms with van der Waals surface area (Å²) in [5, 5.41) is 3.42. The second-order valence-corrected chi connectivity index (χ2v) is 9.63. The largest absolute Gasteiger partial charge is 0.353 e. The maximum Gasteiger partial charge on any atom is 0.256 e. The van der Waals surface area contributed by atoms with Gasteiger partial charge in [0.15, 0.2) is 0 Å². The minimum atomic E-state index is -0.978. The van der Waals surface area contributed by atoms with Gasteiger partial charge >= 0.3 is 0 Å². The van der Waals surface area contributed by atoms with Crippen LogP contribution in [0.3, 0.4) is 0 Å². The summed E-state index contributed by atoms with van der Waals surface area (Å²) in [4.78, 5) is 47.5. The standard InChI is InChI=1S/C28H27ClN4O4/c29-23-10-4-9-22(16-23)26(35)32-14-11-28(12-15-32)33(27(36)21-7-2-1-3-8-21)24(19-37-28)25(34)31-18-20-6-5-13-30-17-20/h1-10,13,16-17,24H,11-12,14-15,18-19H2,(H,31,34)/t24-/m0/s1. The van der Waals surface area contributed by atoms with Crippen LogP contribution in [0.15, 0.2) is 79.1 Å². The number of nitrogens with one attached hydrogen (secondary N) is 1. The van der Waals surface area contributed by atoms with Crippen LogP contribution in [0.1, 0.15) is 39.1 Å². The number of likely N-dealkylation sites (tertiary alicyclic amines) is 1. The van der Waals surface area contributed by atoms with E-state index in [9.17, 15) is 14.4 Å². The third kappa shape index (κ3) is 5.21. The Kier molecular flexibility index (Phi) is 7.21. The number of amides is 3. The number of benzene rings is 2. The maximum atomic E-state index is 13.7. The van der Waals surface area contributed by atoms with E-state index in [1.54, 1.807) is 76.8 Å². The van der Waals surface area contributed by atoms with Gasteiger partial charge in [0.1, 0.15) is 11.8 Å². The molecule has 2 aromatic carbocycles. The highest BCUT2D eigenvalue weighted by Crippen LogP contribution is 2.39. The molecule has 0 unspecified atom stereocenters. The highest BCUT2D eigenvalue weighted by molar-refractivity contribution is 6.30. The van der Waals surface area contributed by atoms with Crippen LogP contribution in [-0.2, 0) is 16.1 Å². The molecule has 190 valence electrons. The number of hydrogen-bond acceptors (Lipinski definition) is 5. The molecule has 0 aliphatic carbocycles. The fraction of sp³-hybridized carbons (Fsp3) is 0.286. The van der Waals surface area contributed by atoms with Gasteiger partial charge in [0.05, 0.1) is 6.61 Å². The minimum Gasteiger partial charge on any atom is -0.353 e. The van der Waals surface area contributed by atoms with Crippen LogP contribution >= 0.6 is 11.6 Å². The molecule has 5 rings (SSSR count). The van der Waals surface area contributed by atoms with Crippen LogP contribution in [0, 0.1) is 0 Å². The predicted molar refractivity (Wildman–Crippen MR) is 138 cm³/mol. The van der Waals surface area contributed by atoms with Crippen LogP contribution in [-0.4, -0.2) is 64.0 Å². The van der Waals surface area contributed by atoms with Crippen molar-refractivity contribution in [2.75, 3.05) is 19.7 Å². The summed E-state index contributed by atoms with van der Waals surface area (Å²) in [6.07, 6.45) is 4.14. The summed E-state index contributed by atoms with van der Waals surface area (Å²) in [6, 6.07) is 18.6. The molecule has 2 aliphatic rings. The molecule has 8 nitrogen and oxygen atoms in total. The van der Waals surface area contributed by atoms with Gasteiger partial charge in [-0.3, -0.25) is 24.3 Å². The first kappa shape index (κ1) is 24.9. The number of carbonyl (C=O) groups is 3. The third-order valence-electron chi connectivity index (χ3n) is 6.90. The zero-order chi connectivity index (χ0) is 25.8. The van der Waals surface area contributed by atoms with Crippen molar-refractivity contribution in [3.63, 3.8) is 0 Å². The number of pyridine rings is 1. The van der Waals surface area contributed by atoms with E-state index in [2.05, 4.69) is 10.3 Å². The van der Waals surface area contributed by atoms with Crippen LogP contribution < -0.4 is 5.32 Å². The second kappa shape index (κ2) is 10.7. The first-order valence-electron chi connectivity index (χ1n) is 12.2. The number of piperidine rings is 1. The van der Waals surface area contributed by atoms with E-state index in [0.29, 0.717) is 48.6 Å². The number of ether oxygens (including phenoxy) is 1. The van der Waals surface area contributed by atoms with Gasteiger partial charge in [0, 0.05) is 61.0 Å². The van der Waals surface area contributed by atoms with Crippen LogP contribution in [0.25, 0.3) is 0 Å². The Morgan fingerprint density at radius 2 is 1.73 bits per heavy atom. The molecule has 1 N–H and O–H groups in total. The van der Waals surface area contributed by atoms with E-state index in [0.717, 1.165) is 5.56 Å². The van der Waals surface area contributed by atoms with Gasteiger partial charge in [-0.2, -0.15) is 0 Å². The van der Waals surface area contributed by atoms with Crippen molar-refractivity contribution in [1.82, 2.24) is 20.1 Å². The summed E-state index contributed by atoms with van der Waals surface area (Å²) in [6.45, 7) is 1.15. The molecule has 0 saturated carbocycles. The Balaban J connectivity index is 1.35. The Hall–Kier alpha value is -3.75. The SMILES string of the molecule is O=C(NCc1cccnc1)[C@@H]1COC2(CCN(C(=O)c3cccc(Cl)c3)CC2)N1C(=O)c1ccccc1. The summed E-state index contributed by atoms with van der Waals surface area (Å²) >= 11 is 6.07. The molecule has 1 spiro atoms. The summed E-state index contributed by atoms with van der Waals surface area (Å²) < 4.78 is 6.25. The summed E-state index contributed by atoms with van der Waals surface area (Å²) in [7, 11) is 0. The van der Waals surface area contributed by atoms with Crippen molar-refractivity contribution in [3.05, 3.63) is 101 Å². The van der Waals surface area contributed by atoms with Crippen molar-refractivity contribution < 1.29 is 19.1 Å². The molecule has 3 aromatic rings. The minimum absolute atomic E-state index is 0.0830. The lowest BCUT2D eigenvalue weighted by Crippen LogP contribution is -2.59. The van der Waals surface area contributed by atoms with Gasteiger partial charge in [0.2, 0.25) is 5.91 Å². The van der Waals surface area contributed by atoms with Crippen molar-refractivity contribution >= 4 is 29.3 Å². The van der Waals surface area contributed by atoms with E-state index in [-0.39, 0.29) is 24.3 Å². The van der Waals surface area contributed by atoms with Gasteiger partial charge in [-0.1, -0.05) is 41.9 Å². The Labute approximate surface area is 220 Å². The molecule has 2 saturated heterocycles. The summed E-state index contributed by atoms with van der Waals surface area (Å²) in [5.74, 6) is -0.682. The number of rotatable bonds is 5. The van der Waals surface area contributed by atoms with Crippen molar-refractivity contribution in [2.24, 2.45) is 0 Å². The van der Waals surface area contributed by atoms with Crippen molar-refractivity contribution in [1.29, 1.82) is 0 Å². The molecular formula is C28H27ClN4O4. The molecule has 0 bridgehead atoms. The Bertz CT molecular complexity index is 1280. The topological polar surface area (TPSA) is 91.8 Å². The fourth-order valence-electron chi connectivity index (χ4n) is 4.96. The first-order chi connectivity index (χ1) is 18.0. The van der Waals surface area contributed by atoms with Gasteiger partial charge < -0.3 is 15.0 Å². The van der Waals surface area contributed by atoms with Crippen LogP contribution in [0.5, 0.6) is 0 Å². The lowest BCUT2D eigenvalue weighted by Gasteiger charge is -2.44. The highest BCUT2D eigenvalue weighted by atomic mass is 35.5. The molecule has 3 amide bonds. The predicted octanol–water partition coefficient (Wildman–Crippen LogP) is 3.52. The molecule has 2 aliphatic heterocycles. The zero-order valence-electron chi connectivity index (χ0n) is 20.2. The number of nitrogens with zero attached hydrogens (tertiary/aromatic N) is 3. The van der Waals surface area contributed by atoms with Crippen LogP contribution in [0.2, 0.25) is 5.02 Å². The first-order valence-corrected chi connectivity index (χ1v) is 12.6. The second-order valence-electron chi connectivity index (χ2n) is 9.20. The van der Waals surface area contributed by atoms with Crippen LogP contribution in [0.4, 0.5) is 0 Å². The summed E-state index contributed by atoms with van der Waals surface area (Å²) in [5.41, 5.74) is 0.878. The van der Waals surface area contributed by atoms with Crippen molar-refractivity contribution in [3.8, 4) is 0 Å². The maximum absolute atomic E-state index is 13.7. The lowest BCUT2D eigenvalue weighted by atomic mass is 9.96. The normalized spacial score (nSPS) is 18.6. The molecule has 2 fully saturated rings. The monoisotopic (exact) mass is 518 g/mol. The molecule has 1 aromatic heterocycles. The number of aromatic nitrogens is 1. The average Bonchev–Trinajstić information content (AvgIpc) is 3.30. The molecule has 0 radical (unpaired) electrons. The molecule has 37 heavy (non-hydrogen) atoms. The molecule has 9 heteroatoms. The van der Waals surface area contributed by atoms with Crippen molar-refractivity contribution in [2.45, 2.75) is 31.2 Å². The average molecular weight is 519 g/mol. The number of carbonyl (C=O) groups excluding carboxylic acids is 3. The quantitative estimate of drug-likeness (QED) is 0.558. The van der Waals surface area contributed by atoms with E-state index in [4.69, 9.17) is 16.3 Å². The fourth-order valence-corrected chi connectivity index (χ4v) is 5.15. The van der Waals surface area contributed by atoms with Gasteiger partial charge in [-0.15, -0.1) is 0 Å². The lowest BCUT2D eigenvalue weighted by molar-refractivity contribution is -0.128. The van der Waals surface area contributed by atoms with Gasteiger partial charge in [-0.05, 0) is 42.0 Å². The smallest absolute Gasteiger partial charge is 0.256 e. The third-order valence-corrected chi connectivity index (χ3v) is 7.13. The van der Waals surface area contributed by atoms with E-state index in [1.165, 1.54) is 0 Å².